The third-order valence-electron chi connectivity index (χ3n) is 4.37. The van der Waals surface area contributed by atoms with Crippen LogP contribution in [0.25, 0.3) is 0 Å². The minimum Gasteiger partial charge on any atom is -0.346 e. The maximum atomic E-state index is 6.25. The van der Waals surface area contributed by atoms with E-state index in [2.05, 4.69) is 28.1 Å². The fourth-order valence-electron chi connectivity index (χ4n) is 3.26. The lowest BCUT2D eigenvalue weighted by Crippen LogP contribution is -2.38. The fourth-order valence-corrected chi connectivity index (χ4v) is 4.09. The molecule has 1 aliphatic carbocycles. The standard InChI is InChI=1S/C13H22N4S/c1-8(2)12-15-13(18-16-12)17-6-9-4-3-5-11(14)10(9)7-17/h8-11H,3-7,14H2,1-2H3. The van der Waals surface area contributed by atoms with Gasteiger partial charge in [0.15, 0.2) is 0 Å². The van der Waals surface area contributed by atoms with Gasteiger partial charge >= 0.3 is 0 Å². The van der Waals surface area contributed by atoms with Gasteiger partial charge in [0.1, 0.15) is 5.82 Å². The molecular formula is C13H22N4S. The van der Waals surface area contributed by atoms with E-state index in [0.717, 1.165) is 30.0 Å². The summed E-state index contributed by atoms with van der Waals surface area (Å²) in [4.78, 5) is 7.07. The number of anilines is 1. The minimum atomic E-state index is 0.395. The largest absolute Gasteiger partial charge is 0.346 e. The highest BCUT2D eigenvalue weighted by atomic mass is 32.1. The van der Waals surface area contributed by atoms with Crippen LogP contribution in [0.2, 0.25) is 0 Å². The van der Waals surface area contributed by atoms with Gasteiger partial charge in [0, 0.05) is 36.6 Å². The van der Waals surface area contributed by atoms with Crippen molar-refractivity contribution in [1.29, 1.82) is 0 Å². The molecule has 2 heterocycles. The van der Waals surface area contributed by atoms with Crippen molar-refractivity contribution in [1.82, 2.24) is 9.36 Å². The Labute approximate surface area is 113 Å². The van der Waals surface area contributed by atoms with Crippen LogP contribution in [0.3, 0.4) is 0 Å². The molecule has 0 aromatic carbocycles. The molecule has 100 valence electrons. The maximum Gasteiger partial charge on any atom is 0.205 e. The van der Waals surface area contributed by atoms with E-state index >= 15 is 0 Å². The molecule has 0 radical (unpaired) electrons. The molecule has 1 aromatic heterocycles. The second kappa shape index (κ2) is 4.78. The molecule has 1 saturated heterocycles. The number of aromatic nitrogens is 2. The predicted octanol–water partition coefficient (Wildman–Crippen LogP) is 2.23. The Hall–Kier alpha value is -0.680. The molecule has 3 unspecified atom stereocenters. The van der Waals surface area contributed by atoms with Gasteiger partial charge in [-0.3, -0.25) is 0 Å². The van der Waals surface area contributed by atoms with Crippen LogP contribution in [0, 0.1) is 11.8 Å². The number of hydrogen-bond donors (Lipinski definition) is 1. The first-order valence-corrected chi connectivity index (χ1v) is 7.76. The van der Waals surface area contributed by atoms with Gasteiger partial charge in [0.2, 0.25) is 5.13 Å². The molecule has 4 nitrogen and oxygen atoms in total. The Bertz CT molecular complexity index is 417. The summed E-state index contributed by atoms with van der Waals surface area (Å²) in [6.45, 7) is 6.50. The molecule has 1 aromatic rings. The summed E-state index contributed by atoms with van der Waals surface area (Å²) in [5, 5.41) is 1.10. The molecule has 2 aliphatic rings. The maximum absolute atomic E-state index is 6.25. The van der Waals surface area contributed by atoms with Gasteiger partial charge in [-0.25, -0.2) is 4.98 Å². The van der Waals surface area contributed by atoms with E-state index < -0.39 is 0 Å². The topological polar surface area (TPSA) is 55.0 Å². The van der Waals surface area contributed by atoms with Gasteiger partial charge in [-0.2, -0.15) is 4.37 Å². The molecule has 0 amide bonds. The van der Waals surface area contributed by atoms with Crippen LogP contribution in [-0.2, 0) is 0 Å². The predicted molar refractivity (Wildman–Crippen MR) is 75.0 cm³/mol. The van der Waals surface area contributed by atoms with Crippen molar-refractivity contribution in [3.05, 3.63) is 5.82 Å². The van der Waals surface area contributed by atoms with Gasteiger partial charge in [-0.15, -0.1) is 0 Å². The highest BCUT2D eigenvalue weighted by Gasteiger charge is 2.39. The van der Waals surface area contributed by atoms with Gasteiger partial charge < -0.3 is 10.6 Å². The smallest absolute Gasteiger partial charge is 0.205 e. The third kappa shape index (κ3) is 2.14. The van der Waals surface area contributed by atoms with E-state index in [0.29, 0.717) is 17.9 Å². The molecule has 0 bridgehead atoms. The minimum absolute atomic E-state index is 0.395. The summed E-state index contributed by atoms with van der Waals surface area (Å²) < 4.78 is 4.45. The normalized spacial score (nSPS) is 32.0. The third-order valence-corrected chi connectivity index (χ3v) is 5.16. The molecule has 5 heteroatoms. The number of rotatable bonds is 2. The van der Waals surface area contributed by atoms with Crippen LogP contribution in [0.1, 0.15) is 44.9 Å². The van der Waals surface area contributed by atoms with E-state index in [1.807, 2.05) is 0 Å². The van der Waals surface area contributed by atoms with Crippen molar-refractivity contribution >= 4 is 16.7 Å². The molecule has 1 saturated carbocycles. The first-order chi connectivity index (χ1) is 8.65. The fraction of sp³-hybridized carbons (Fsp3) is 0.846. The van der Waals surface area contributed by atoms with Crippen LogP contribution >= 0.6 is 11.5 Å². The van der Waals surface area contributed by atoms with Crippen LogP contribution in [0.15, 0.2) is 0 Å². The quantitative estimate of drug-likeness (QED) is 0.892. The van der Waals surface area contributed by atoms with Gasteiger partial charge in [0.05, 0.1) is 0 Å². The summed E-state index contributed by atoms with van der Waals surface area (Å²) in [6, 6.07) is 0.395. The first-order valence-electron chi connectivity index (χ1n) is 6.99. The SMILES string of the molecule is CC(C)c1nsc(N2CC3CCCC(N)C3C2)n1. The summed E-state index contributed by atoms with van der Waals surface area (Å²) in [5.74, 6) is 2.85. The molecule has 1 aliphatic heterocycles. The first kappa shape index (κ1) is 12.4. The molecule has 0 spiro atoms. The van der Waals surface area contributed by atoms with Gasteiger partial charge in [-0.05, 0) is 24.7 Å². The lowest BCUT2D eigenvalue weighted by atomic mass is 9.78. The number of nitrogens with zero attached hydrogens (tertiary/aromatic N) is 3. The van der Waals surface area contributed by atoms with Crippen molar-refractivity contribution in [3.63, 3.8) is 0 Å². The Morgan fingerprint density at radius 1 is 1.33 bits per heavy atom. The van der Waals surface area contributed by atoms with Crippen molar-refractivity contribution in [3.8, 4) is 0 Å². The van der Waals surface area contributed by atoms with E-state index in [4.69, 9.17) is 5.73 Å². The summed E-state index contributed by atoms with van der Waals surface area (Å²) >= 11 is 1.55. The lowest BCUT2D eigenvalue weighted by molar-refractivity contribution is 0.260. The molecule has 2 fully saturated rings. The zero-order chi connectivity index (χ0) is 12.7. The second-order valence-corrected chi connectivity index (χ2v) is 6.74. The Balaban J connectivity index is 1.74. The zero-order valence-corrected chi connectivity index (χ0v) is 12.0. The lowest BCUT2D eigenvalue weighted by Gasteiger charge is -2.29. The average Bonchev–Trinajstić information content (AvgIpc) is 2.95. The number of nitrogens with two attached hydrogens (primary N) is 1. The van der Waals surface area contributed by atoms with Crippen molar-refractivity contribution < 1.29 is 0 Å². The van der Waals surface area contributed by atoms with Crippen molar-refractivity contribution in [2.75, 3.05) is 18.0 Å². The van der Waals surface area contributed by atoms with Gasteiger partial charge in [-0.1, -0.05) is 20.3 Å². The Morgan fingerprint density at radius 2 is 2.17 bits per heavy atom. The highest BCUT2D eigenvalue weighted by molar-refractivity contribution is 7.09. The Kier molecular flexibility index (Phi) is 3.28. The van der Waals surface area contributed by atoms with E-state index in [1.54, 1.807) is 11.5 Å². The van der Waals surface area contributed by atoms with Crippen molar-refractivity contribution in [2.45, 2.75) is 45.1 Å². The van der Waals surface area contributed by atoms with Crippen LogP contribution < -0.4 is 10.6 Å². The van der Waals surface area contributed by atoms with Crippen LogP contribution in [-0.4, -0.2) is 28.5 Å². The van der Waals surface area contributed by atoms with E-state index in [1.165, 1.54) is 19.3 Å². The summed E-state index contributed by atoms with van der Waals surface area (Å²) in [6.07, 6.45) is 3.83. The van der Waals surface area contributed by atoms with Crippen LogP contribution in [0.4, 0.5) is 5.13 Å². The van der Waals surface area contributed by atoms with Crippen molar-refractivity contribution in [2.24, 2.45) is 17.6 Å². The summed E-state index contributed by atoms with van der Waals surface area (Å²) in [7, 11) is 0. The molecule has 3 rings (SSSR count). The monoisotopic (exact) mass is 266 g/mol. The zero-order valence-electron chi connectivity index (χ0n) is 11.2. The van der Waals surface area contributed by atoms with E-state index in [-0.39, 0.29) is 0 Å². The van der Waals surface area contributed by atoms with Gasteiger partial charge in [0.25, 0.3) is 0 Å². The van der Waals surface area contributed by atoms with Crippen LogP contribution in [0.5, 0.6) is 0 Å². The molecule has 2 N–H and O–H groups in total. The number of hydrogen-bond acceptors (Lipinski definition) is 5. The molecule has 18 heavy (non-hydrogen) atoms. The number of fused-ring (bicyclic) bond motifs is 1. The Morgan fingerprint density at radius 3 is 2.83 bits per heavy atom. The van der Waals surface area contributed by atoms with E-state index in [9.17, 15) is 0 Å². The highest BCUT2D eigenvalue weighted by Crippen LogP contribution is 2.38. The average molecular weight is 266 g/mol. The molecular weight excluding hydrogens is 244 g/mol. The second-order valence-electron chi connectivity index (χ2n) is 6.01. The molecule has 3 atom stereocenters. The summed E-state index contributed by atoms with van der Waals surface area (Å²) in [5.41, 5.74) is 6.25.